The van der Waals surface area contributed by atoms with Crippen molar-refractivity contribution in [3.63, 3.8) is 0 Å². The number of para-hydroxylation sites is 2. The Bertz CT molecular complexity index is 1260. The number of carbonyl (C=O) groups is 1. The molecule has 4 aromatic rings. The highest BCUT2D eigenvalue weighted by Crippen LogP contribution is 2.33. The Kier molecular flexibility index (Phi) is 5.10. The number of imidazole rings is 1. The van der Waals surface area contributed by atoms with Crippen molar-refractivity contribution < 1.29 is 4.79 Å². The topological polar surface area (TPSA) is 72.7 Å². The zero-order valence-electron chi connectivity index (χ0n) is 18.3. The largest absolute Gasteiger partial charge is 0.344 e. The minimum Gasteiger partial charge on any atom is -0.344 e. The first kappa shape index (κ1) is 20.5. The molecular weight excluding hydrogens is 394 g/mol. The number of fused-ring (bicyclic) bond motifs is 2. The number of hydrogen-bond acceptors (Lipinski definition) is 5. The number of aromatic nitrogens is 4. The van der Waals surface area contributed by atoms with Crippen molar-refractivity contribution in [1.82, 2.24) is 24.8 Å². The lowest BCUT2D eigenvalue weighted by Crippen LogP contribution is -2.24. The zero-order valence-corrected chi connectivity index (χ0v) is 19.1. The van der Waals surface area contributed by atoms with Crippen molar-refractivity contribution in [2.24, 2.45) is 0 Å². The molecule has 0 aliphatic heterocycles. The minimum absolute atomic E-state index is 0.0954. The molecule has 1 aromatic carbocycles. The van der Waals surface area contributed by atoms with E-state index in [1.807, 2.05) is 32.0 Å². The molecule has 30 heavy (non-hydrogen) atoms. The van der Waals surface area contributed by atoms with E-state index in [4.69, 9.17) is 15.0 Å². The van der Waals surface area contributed by atoms with Crippen molar-refractivity contribution in [2.75, 3.05) is 0 Å². The Morgan fingerprint density at radius 1 is 1.13 bits per heavy atom. The molecule has 3 heterocycles. The second kappa shape index (κ2) is 7.47. The van der Waals surface area contributed by atoms with Crippen LogP contribution in [0.5, 0.6) is 0 Å². The number of amides is 1. The lowest BCUT2D eigenvalue weighted by atomic mass is 9.95. The van der Waals surface area contributed by atoms with E-state index < -0.39 is 0 Å². The van der Waals surface area contributed by atoms with E-state index in [0.717, 1.165) is 50.7 Å². The monoisotopic (exact) mass is 421 g/mol. The fraction of sp³-hybridized carbons (Fsp3) is 0.391. The van der Waals surface area contributed by atoms with Gasteiger partial charge < -0.3 is 9.88 Å². The van der Waals surface area contributed by atoms with Gasteiger partial charge >= 0.3 is 0 Å². The number of carbonyl (C=O) groups excluding carboxylic acids is 1. The van der Waals surface area contributed by atoms with Crippen LogP contribution in [0.1, 0.15) is 60.3 Å². The molecule has 0 saturated carbocycles. The second-order valence-corrected chi connectivity index (χ2v) is 9.56. The average molecular weight is 422 g/mol. The predicted octanol–water partition coefficient (Wildman–Crippen LogP) is 4.91. The van der Waals surface area contributed by atoms with Crippen LogP contribution in [-0.2, 0) is 18.5 Å². The second-order valence-electron chi connectivity index (χ2n) is 8.56. The van der Waals surface area contributed by atoms with Gasteiger partial charge in [-0.15, -0.1) is 11.3 Å². The normalized spacial score (nSPS) is 12.1. The van der Waals surface area contributed by atoms with Crippen molar-refractivity contribution in [2.45, 2.75) is 60.0 Å². The lowest BCUT2D eigenvalue weighted by molar-refractivity contribution is 0.0953. The van der Waals surface area contributed by atoms with Crippen LogP contribution in [0.4, 0.5) is 0 Å². The Morgan fingerprint density at radius 3 is 2.57 bits per heavy atom. The number of rotatable bonds is 4. The van der Waals surface area contributed by atoms with Crippen LogP contribution >= 0.6 is 11.3 Å². The van der Waals surface area contributed by atoms with Gasteiger partial charge in [0.25, 0.3) is 5.91 Å². The van der Waals surface area contributed by atoms with Crippen LogP contribution in [0.15, 0.2) is 24.3 Å². The number of aryl methyl sites for hydroxylation is 3. The smallest absolute Gasteiger partial charge is 0.262 e. The van der Waals surface area contributed by atoms with Crippen LogP contribution in [-0.4, -0.2) is 25.4 Å². The predicted molar refractivity (Wildman–Crippen MR) is 122 cm³/mol. The average Bonchev–Trinajstić information content (AvgIpc) is 3.22. The molecule has 0 aliphatic carbocycles. The molecule has 6 nitrogen and oxygen atoms in total. The Morgan fingerprint density at radius 2 is 1.87 bits per heavy atom. The molecule has 0 saturated heterocycles. The van der Waals surface area contributed by atoms with Gasteiger partial charge in [0.2, 0.25) is 0 Å². The van der Waals surface area contributed by atoms with E-state index in [2.05, 4.69) is 43.6 Å². The minimum atomic E-state index is -0.140. The number of nitrogens with zero attached hydrogens (tertiary/aromatic N) is 4. The first-order valence-corrected chi connectivity index (χ1v) is 11.0. The summed E-state index contributed by atoms with van der Waals surface area (Å²) in [6.07, 6.45) is 0. The molecule has 0 spiro atoms. The number of benzene rings is 1. The Hall–Kier alpha value is -2.80. The summed E-state index contributed by atoms with van der Waals surface area (Å²) >= 11 is 1.44. The Labute approximate surface area is 180 Å². The summed E-state index contributed by atoms with van der Waals surface area (Å²) < 4.78 is 2.14. The van der Waals surface area contributed by atoms with Crippen LogP contribution in [0.25, 0.3) is 21.3 Å². The van der Waals surface area contributed by atoms with Crippen molar-refractivity contribution in [1.29, 1.82) is 0 Å². The van der Waals surface area contributed by atoms with Gasteiger partial charge in [-0.1, -0.05) is 32.9 Å². The molecule has 1 amide bonds. The number of thiophene rings is 1. The summed E-state index contributed by atoms with van der Waals surface area (Å²) in [6.45, 7) is 13.5. The summed E-state index contributed by atoms with van der Waals surface area (Å²) in [5.41, 5.74) is 3.75. The maximum absolute atomic E-state index is 13.0. The molecule has 7 heteroatoms. The van der Waals surface area contributed by atoms with E-state index >= 15 is 0 Å². The van der Waals surface area contributed by atoms with Crippen LogP contribution < -0.4 is 5.32 Å². The highest BCUT2D eigenvalue weighted by Gasteiger charge is 2.23. The zero-order chi connectivity index (χ0) is 21.6. The van der Waals surface area contributed by atoms with Crippen molar-refractivity contribution in [3.05, 3.63) is 52.0 Å². The lowest BCUT2D eigenvalue weighted by Gasteiger charge is -2.16. The van der Waals surface area contributed by atoms with Crippen LogP contribution in [0.2, 0.25) is 0 Å². The SMILES string of the molecule is CCn1c(CNC(=O)c2sc3nc(C(C)(C)C)nc(C)c3c2C)nc2ccccc21. The first-order chi connectivity index (χ1) is 14.2. The maximum Gasteiger partial charge on any atom is 0.262 e. The molecule has 156 valence electrons. The van der Waals surface area contributed by atoms with Gasteiger partial charge in [-0.2, -0.15) is 0 Å². The fourth-order valence-corrected chi connectivity index (χ4v) is 4.89. The van der Waals surface area contributed by atoms with Gasteiger partial charge in [0.1, 0.15) is 16.5 Å². The summed E-state index contributed by atoms with van der Waals surface area (Å²) in [7, 11) is 0. The van der Waals surface area contributed by atoms with Gasteiger partial charge in [-0.3, -0.25) is 4.79 Å². The molecule has 1 N–H and O–H groups in total. The van der Waals surface area contributed by atoms with Gasteiger partial charge in [0, 0.05) is 17.3 Å². The number of hydrogen-bond donors (Lipinski definition) is 1. The van der Waals surface area contributed by atoms with Crippen LogP contribution in [0.3, 0.4) is 0 Å². The van der Waals surface area contributed by atoms with Gasteiger partial charge in [-0.25, -0.2) is 15.0 Å². The Balaban J connectivity index is 1.64. The fourth-order valence-electron chi connectivity index (χ4n) is 3.74. The summed E-state index contributed by atoms with van der Waals surface area (Å²) in [4.78, 5) is 28.7. The molecule has 3 aromatic heterocycles. The molecule has 0 unspecified atom stereocenters. The van der Waals surface area contributed by atoms with Crippen molar-refractivity contribution in [3.8, 4) is 0 Å². The van der Waals surface area contributed by atoms with Gasteiger partial charge in [0.15, 0.2) is 0 Å². The van der Waals surface area contributed by atoms with E-state index in [1.165, 1.54) is 11.3 Å². The third-order valence-corrected chi connectivity index (χ3v) is 6.49. The standard InChI is InChI=1S/C23H27N5OS/c1-7-28-16-11-9-8-10-15(16)26-17(28)12-24-20(29)19-13(2)18-14(3)25-22(23(4,5)6)27-21(18)30-19/h8-11H,7,12H2,1-6H3,(H,24,29). The molecule has 0 bridgehead atoms. The molecule has 0 fully saturated rings. The molecule has 4 rings (SSSR count). The summed E-state index contributed by atoms with van der Waals surface area (Å²) in [5, 5.41) is 4.04. The van der Waals surface area contributed by atoms with Crippen molar-refractivity contribution >= 4 is 38.5 Å². The highest BCUT2D eigenvalue weighted by molar-refractivity contribution is 7.20. The van der Waals surface area contributed by atoms with E-state index in [1.54, 1.807) is 0 Å². The molecule has 0 aliphatic rings. The quantitative estimate of drug-likeness (QED) is 0.508. The van der Waals surface area contributed by atoms with Gasteiger partial charge in [-0.05, 0) is 38.5 Å². The first-order valence-electron chi connectivity index (χ1n) is 10.2. The maximum atomic E-state index is 13.0. The van der Waals surface area contributed by atoms with E-state index in [0.29, 0.717) is 11.4 Å². The molecule has 0 radical (unpaired) electrons. The van der Waals surface area contributed by atoms with E-state index in [9.17, 15) is 4.79 Å². The third-order valence-electron chi connectivity index (χ3n) is 5.30. The van der Waals surface area contributed by atoms with Gasteiger partial charge in [0.05, 0.1) is 28.1 Å². The highest BCUT2D eigenvalue weighted by atomic mass is 32.1. The number of nitrogens with one attached hydrogen (secondary N) is 1. The molecule has 0 atom stereocenters. The van der Waals surface area contributed by atoms with Crippen LogP contribution in [0, 0.1) is 13.8 Å². The third kappa shape index (κ3) is 3.47. The molecular formula is C23H27N5OS. The summed E-state index contributed by atoms with van der Waals surface area (Å²) in [5.74, 6) is 1.57. The summed E-state index contributed by atoms with van der Waals surface area (Å²) in [6, 6.07) is 8.04. The van der Waals surface area contributed by atoms with E-state index in [-0.39, 0.29) is 11.3 Å².